The average molecular weight is 474 g/mol. The van der Waals surface area contributed by atoms with Crippen LogP contribution in [0.15, 0.2) is 29.4 Å². The smallest absolute Gasteiger partial charge is 0.191 e. The number of rotatable bonds is 9. The molecule has 3 N–H and O–H groups in total. The summed E-state index contributed by atoms with van der Waals surface area (Å²) in [5.41, 5.74) is 2.01. The molecule has 0 spiro atoms. The molecule has 26 heavy (non-hydrogen) atoms. The fourth-order valence-electron chi connectivity index (χ4n) is 2.78. The summed E-state index contributed by atoms with van der Waals surface area (Å²) in [5.74, 6) is 1.38. The number of benzene rings is 1. The van der Waals surface area contributed by atoms with E-state index >= 15 is 0 Å². The van der Waals surface area contributed by atoms with Crippen LogP contribution in [0.5, 0.6) is 0 Å². The number of H-pyrrole nitrogens is 1. The summed E-state index contributed by atoms with van der Waals surface area (Å²) < 4.78 is 18.9. The van der Waals surface area contributed by atoms with Crippen molar-refractivity contribution >= 4 is 40.8 Å². The maximum absolute atomic E-state index is 13.2. The molecule has 0 bridgehead atoms. The third-order valence-electron chi connectivity index (χ3n) is 4.32. The van der Waals surface area contributed by atoms with Crippen molar-refractivity contribution in [3.63, 3.8) is 0 Å². The van der Waals surface area contributed by atoms with Gasteiger partial charge in [-0.05, 0) is 55.9 Å². The van der Waals surface area contributed by atoms with E-state index in [0.29, 0.717) is 13.2 Å². The Kier molecular flexibility index (Phi) is 8.64. The fourth-order valence-corrected chi connectivity index (χ4v) is 2.78. The Morgan fingerprint density at radius 1 is 1.35 bits per heavy atom. The lowest BCUT2D eigenvalue weighted by Crippen LogP contribution is -2.38. The highest BCUT2D eigenvalue weighted by molar-refractivity contribution is 14.0. The van der Waals surface area contributed by atoms with Crippen LogP contribution in [0.4, 0.5) is 4.39 Å². The molecule has 1 aliphatic carbocycles. The predicted molar refractivity (Wildman–Crippen MR) is 115 cm³/mol. The van der Waals surface area contributed by atoms with Gasteiger partial charge < -0.3 is 20.4 Å². The van der Waals surface area contributed by atoms with Crippen LogP contribution in [0, 0.1) is 11.7 Å². The van der Waals surface area contributed by atoms with Crippen LogP contribution in [0.25, 0.3) is 10.9 Å². The van der Waals surface area contributed by atoms with Crippen molar-refractivity contribution in [2.45, 2.75) is 26.2 Å². The van der Waals surface area contributed by atoms with Gasteiger partial charge in [-0.15, -0.1) is 24.0 Å². The van der Waals surface area contributed by atoms with Crippen molar-refractivity contribution in [3.05, 3.63) is 35.8 Å². The molecule has 0 amide bonds. The topological polar surface area (TPSA) is 61.4 Å². The number of hydrogen-bond donors (Lipinski definition) is 3. The van der Waals surface area contributed by atoms with E-state index in [0.717, 1.165) is 48.9 Å². The summed E-state index contributed by atoms with van der Waals surface area (Å²) in [6.45, 7) is 5.84. The van der Waals surface area contributed by atoms with E-state index < -0.39 is 0 Å². The van der Waals surface area contributed by atoms with Crippen molar-refractivity contribution in [1.29, 1.82) is 0 Å². The van der Waals surface area contributed by atoms with Gasteiger partial charge in [-0.3, -0.25) is 4.99 Å². The van der Waals surface area contributed by atoms with E-state index in [1.807, 2.05) is 12.3 Å². The number of ether oxygens (including phenoxy) is 1. The third kappa shape index (κ3) is 6.42. The maximum atomic E-state index is 13.2. The molecule has 0 saturated heterocycles. The van der Waals surface area contributed by atoms with Crippen LogP contribution in [0.1, 0.15) is 25.3 Å². The summed E-state index contributed by atoms with van der Waals surface area (Å²) >= 11 is 0. The fraction of sp³-hybridized carbons (Fsp3) is 0.526. The first-order valence-corrected chi connectivity index (χ1v) is 9.11. The van der Waals surface area contributed by atoms with Crippen molar-refractivity contribution in [2.75, 3.05) is 32.8 Å². The van der Waals surface area contributed by atoms with Crippen molar-refractivity contribution < 1.29 is 9.13 Å². The minimum absolute atomic E-state index is 0. The first kappa shape index (κ1) is 21.0. The minimum atomic E-state index is -0.218. The highest BCUT2D eigenvalue weighted by Gasteiger charge is 2.20. The van der Waals surface area contributed by atoms with Gasteiger partial charge >= 0.3 is 0 Å². The van der Waals surface area contributed by atoms with Gasteiger partial charge in [-0.1, -0.05) is 0 Å². The van der Waals surface area contributed by atoms with Crippen LogP contribution >= 0.6 is 24.0 Å². The largest absolute Gasteiger partial charge is 0.379 e. The quantitative estimate of drug-likeness (QED) is 0.226. The number of nitrogens with one attached hydrogen (secondary N) is 3. The zero-order valence-electron chi connectivity index (χ0n) is 15.2. The number of guanidine groups is 1. The minimum Gasteiger partial charge on any atom is -0.379 e. The van der Waals surface area contributed by atoms with E-state index in [1.165, 1.54) is 30.5 Å². The number of fused-ring (bicyclic) bond motifs is 1. The lowest BCUT2D eigenvalue weighted by atomic mass is 10.1. The lowest BCUT2D eigenvalue weighted by Gasteiger charge is -2.11. The zero-order chi connectivity index (χ0) is 17.5. The van der Waals surface area contributed by atoms with Crippen LogP contribution in [-0.4, -0.2) is 43.8 Å². The molecule has 0 aliphatic heterocycles. The predicted octanol–water partition coefficient (Wildman–Crippen LogP) is 3.45. The summed E-state index contributed by atoms with van der Waals surface area (Å²) in [6.07, 6.45) is 5.41. The number of hydrogen-bond acceptors (Lipinski definition) is 2. The second-order valence-electron chi connectivity index (χ2n) is 6.46. The van der Waals surface area contributed by atoms with Gasteiger partial charge in [0.25, 0.3) is 0 Å². The van der Waals surface area contributed by atoms with Crippen LogP contribution in [-0.2, 0) is 11.2 Å². The molecule has 1 heterocycles. The second-order valence-corrected chi connectivity index (χ2v) is 6.46. The maximum Gasteiger partial charge on any atom is 0.191 e. The molecule has 0 radical (unpaired) electrons. The van der Waals surface area contributed by atoms with E-state index in [-0.39, 0.29) is 29.8 Å². The molecule has 3 rings (SSSR count). The number of halogens is 2. The molecule has 1 fully saturated rings. The zero-order valence-corrected chi connectivity index (χ0v) is 17.5. The molecule has 5 nitrogen and oxygen atoms in total. The SMILES string of the molecule is CCNC(=NCCOCC1CC1)NCCc1c[nH]c2cc(F)ccc12.I. The normalized spacial score (nSPS) is 14.3. The van der Waals surface area contributed by atoms with Gasteiger partial charge in [0, 0.05) is 36.8 Å². The molecule has 1 aromatic carbocycles. The molecule has 0 unspecified atom stereocenters. The standard InChI is InChI=1S/C19H27FN4O.HI/c1-2-21-19(23-9-10-25-13-14-3-4-14)22-8-7-15-12-24-18-11-16(20)5-6-17(15)18;/h5-6,11-12,14,24H,2-4,7-10,13H2,1H3,(H2,21,22,23);1H. The Balaban J connectivity index is 0.00000243. The van der Waals surface area contributed by atoms with Gasteiger partial charge in [-0.25, -0.2) is 4.39 Å². The molecule has 1 saturated carbocycles. The molecular weight excluding hydrogens is 446 g/mol. The summed E-state index contributed by atoms with van der Waals surface area (Å²) in [4.78, 5) is 7.66. The first-order chi connectivity index (χ1) is 12.3. The van der Waals surface area contributed by atoms with Gasteiger partial charge in [0.05, 0.1) is 13.2 Å². The summed E-state index contributed by atoms with van der Waals surface area (Å²) in [7, 11) is 0. The van der Waals surface area contributed by atoms with Gasteiger partial charge in [0.15, 0.2) is 5.96 Å². The number of aromatic nitrogens is 1. The molecule has 1 aromatic heterocycles. The Hall–Kier alpha value is -1.35. The van der Waals surface area contributed by atoms with E-state index in [4.69, 9.17) is 4.74 Å². The second kappa shape index (κ2) is 10.7. The molecule has 144 valence electrons. The Morgan fingerprint density at radius 2 is 2.19 bits per heavy atom. The summed E-state index contributed by atoms with van der Waals surface area (Å²) in [5, 5.41) is 7.66. The Morgan fingerprint density at radius 3 is 2.96 bits per heavy atom. The van der Waals surface area contributed by atoms with E-state index in [9.17, 15) is 4.39 Å². The Bertz CT molecular complexity index is 715. The van der Waals surface area contributed by atoms with Crippen molar-refractivity contribution in [2.24, 2.45) is 10.9 Å². The highest BCUT2D eigenvalue weighted by Crippen LogP contribution is 2.28. The third-order valence-corrected chi connectivity index (χ3v) is 4.32. The summed E-state index contributed by atoms with van der Waals surface area (Å²) in [6, 6.07) is 4.85. The lowest BCUT2D eigenvalue weighted by molar-refractivity contribution is 0.131. The average Bonchev–Trinajstić information content (AvgIpc) is 3.34. The van der Waals surface area contributed by atoms with Crippen LogP contribution in [0.3, 0.4) is 0 Å². The van der Waals surface area contributed by atoms with Crippen molar-refractivity contribution in [3.8, 4) is 0 Å². The van der Waals surface area contributed by atoms with Gasteiger partial charge in [0.1, 0.15) is 5.82 Å². The Labute approximate surface area is 171 Å². The first-order valence-electron chi connectivity index (χ1n) is 9.11. The highest BCUT2D eigenvalue weighted by atomic mass is 127. The van der Waals surface area contributed by atoms with E-state index in [2.05, 4.69) is 27.5 Å². The number of aliphatic imine (C=N–C) groups is 1. The van der Waals surface area contributed by atoms with Gasteiger partial charge in [0.2, 0.25) is 0 Å². The number of aromatic amines is 1. The molecule has 0 atom stereocenters. The molecule has 7 heteroatoms. The van der Waals surface area contributed by atoms with Crippen molar-refractivity contribution in [1.82, 2.24) is 15.6 Å². The molecular formula is C19H28FIN4O. The molecule has 1 aliphatic rings. The van der Waals surface area contributed by atoms with Gasteiger partial charge in [-0.2, -0.15) is 0 Å². The van der Waals surface area contributed by atoms with Crippen LogP contribution in [0.2, 0.25) is 0 Å². The molecule has 2 aromatic rings. The van der Waals surface area contributed by atoms with E-state index in [1.54, 1.807) is 0 Å². The monoisotopic (exact) mass is 474 g/mol. The number of nitrogens with zero attached hydrogens (tertiary/aromatic N) is 1. The van der Waals surface area contributed by atoms with Crippen LogP contribution < -0.4 is 10.6 Å².